The van der Waals surface area contributed by atoms with Crippen molar-refractivity contribution < 1.29 is 9.18 Å². The van der Waals surface area contributed by atoms with Crippen LogP contribution in [0.25, 0.3) is 16.2 Å². The molecule has 1 unspecified atom stereocenters. The smallest absolute Gasteiger partial charge is 0.269 e. The zero-order valence-electron chi connectivity index (χ0n) is 14.7. The first-order valence-corrected chi connectivity index (χ1v) is 9.49. The van der Waals surface area contributed by atoms with Gasteiger partial charge in [-0.05, 0) is 31.5 Å². The summed E-state index contributed by atoms with van der Waals surface area (Å²) in [4.78, 5) is 17.8. The van der Waals surface area contributed by atoms with Crippen LogP contribution in [-0.4, -0.2) is 31.1 Å². The molecule has 8 heteroatoms. The molecule has 0 fully saturated rings. The maximum Gasteiger partial charge on any atom is 0.269 e. The number of hydrogen-bond donors (Lipinski definition) is 1. The second-order valence-electron chi connectivity index (χ2n) is 6.31. The van der Waals surface area contributed by atoms with E-state index in [1.165, 1.54) is 17.4 Å². The molecule has 6 nitrogen and oxygen atoms in total. The lowest BCUT2D eigenvalue weighted by Crippen LogP contribution is -2.34. The second kappa shape index (κ2) is 7.32. The van der Waals surface area contributed by atoms with Gasteiger partial charge in [-0.25, -0.2) is 9.37 Å². The molecular weight excluding hydrogens is 365 g/mol. The molecule has 4 aromatic rings. The summed E-state index contributed by atoms with van der Waals surface area (Å²) in [6, 6.07) is 8.35. The van der Waals surface area contributed by atoms with E-state index in [4.69, 9.17) is 0 Å². The summed E-state index contributed by atoms with van der Waals surface area (Å²) >= 11 is 1.36. The Balaban J connectivity index is 1.49. The lowest BCUT2D eigenvalue weighted by molar-refractivity contribution is 0.0931. The number of halogens is 1. The van der Waals surface area contributed by atoms with E-state index >= 15 is 0 Å². The van der Waals surface area contributed by atoms with Crippen LogP contribution in [-0.2, 0) is 6.54 Å². The maximum atomic E-state index is 14.0. The number of amides is 1. The quantitative estimate of drug-likeness (QED) is 0.553. The molecule has 1 aromatic carbocycles. The Hall–Kier alpha value is -3.00. The number of imidazole rings is 1. The molecule has 3 aromatic heterocycles. The fourth-order valence-corrected chi connectivity index (χ4v) is 3.73. The van der Waals surface area contributed by atoms with Gasteiger partial charge in [-0.15, -0.1) is 11.3 Å². The van der Waals surface area contributed by atoms with Crippen molar-refractivity contribution in [3.05, 3.63) is 65.8 Å². The molecule has 1 atom stereocenters. The Labute approximate surface area is 159 Å². The Morgan fingerprint density at radius 2 is 2.19 bits per heavy atom. The summed E-state index contributed by atoms with van der Waals surface area (Å²) in [5.41, 5.74) is 1.43. The van der Waals surface area contributed by atoms with E-state index in [9.17, 15) is 9.18 Å². The number of carbonyl (C=O) groups is 1. The lowest BCUT2D eigenvalue weighted by Gasteiger charge is -2.13. The SMILES string of the molecule is CC(CCn1cccn1)NC(=O)c1csc2nc(-c3ccccc3F)cn12. The van der Waals surface area contributed by atoms with E-state index in [1.54, 1.807) is 40.4 Å². The van der Waals surface area contributed by atoms with Crippen LogP contribution < -0.4 is 5.32 Å². The van der Waals surface area contributed by atoms with E-state index in [0.29, 0.717) is 21.9 Å². The number of nitrogens with one attached hydrogen (secondary N) is 1. The van der Waals surface area contributed by atoms with Crippen molar-refractivity contribution in [1.82, 2.24) is 24.5 Å². The van der Waals surface area contributed by atoms with Gasteiger partial charge in [0.15, 0.2) is 4.96 Å². The highest BCUT2D eigenvalue weighted by molar-refractivity contribution is 7.15. The third kappa shape index (κ3) is 3.61. The van der Waals surface area contributed by atoms with Gasteiger partial charge < -0.3 is 5.32 Å². The molecule has 3 heterocycles. The highest BCUT2D eigenvalue weighted by atomic mass is 32.1. The average molecular weight is 383 g/mol. The predicted molar refractivity (Wildman–Crippen MR) is 102 cm³/mol. The molecule has 0 aliphatic heterocycles. The summed E-state index contributed by atoms with van der Waals surface area (Å²) in [7, 11) is 0. The van der Waals surface area contributed by atoms with Crippen LogP contribution in [0.15, 0.2) is 54.3 Å². The first kappa shape index (κ1) is 17.4. The third-order valence-corrected chi connectivity index (χ3v) is 5.16. The van der Waals surface area contributed by atoms with E-state index in [2.05, 4.69) is 15.4 Å². The summed E-state index contributed by atoms with van der Waals surface area (Å²) in [5.74, 6) is -0.506. The number of benzene rings is 1. The molecule has 0 aliphatic carbocycles. The first-order valence-electron chi connectivity index (χ1n) is 8.61. The van der Waals surface area contributed by atoms with Gasteiger partial charge in [0.1, 0.15) is 11.5 Å². The summed E-state index contributed by atoms with van der Waals surface area (Å²) in [6.07, 6.45) is 6.10. The van der Waals surface area contributed by atoms with Crippen LogP contribution in [0.4, 0.5) is 4.39 Å². The largest absolute Gasteiger partial charge is 0.348 e. The van der Waals surface area contributed by atoms with Crippen molar-refractivity contribution in [2.45, 2.75) is 25.9 Å². The maximum absolute atomic E-state index is 14.0. The number of carbonyl (C=O) groups excluding carboxylic acids is 1. The van der Waals surface area contributed by atoms with Gasteiger partial charge in [0.2, 0.25) is 0 Å². The molecule has 27 heavy (non-hydrogen) atoms. The Kier molecular flexibility index (Phi) is 4.72. The molecular formula is C19H18FN5OS. The van der Waals surface area contributed by atoms with Gasteiger partial charge in [0.25, 0.3) is 5.91 Å². The molecule has 0 saturated carbocycles. The zero-order valence-corrected chi connectivity index (χ0v) is 15.5. The zero-order chi connectivity index (χ0) is 18.8. The van der Waals surface area contributed by atoms with E-state index in [0.717, 1.165) is 13.0 Å². The molecule has 0 spiro atoms. The molecule has 0 bridgehead atoms. The number of hydrogen-bond acceptors (Lipinski definition) is 4. The van der Waals surface area contributed by atoms with E-state index < -0.39 is 0 Å². The number of aryl methyl sites for hydroxylation is 1. The Morgan fingerprint density at radius 3 is 2.96 bits per heavy atom. The van der Waals surface area contributed by atoms with Gasteiger partial charge >= 0.3 is 0 Å². The fraction of sp³-hybridized carbons (Fsp3) is 0.211. The topological polar surface area (TPSA) is 64.2 Å². The van der Waals surface area contributed by atoms with E-state index in [-0.39, 0.29) is 17.8 Å². The number of fused-ring (bicyclic) bond motifs is 1. The van der Waals surface area contributed by atoms with Crippen molar-refractivity contribution in [2.75, 3.05) is 0 Å². The number of nitrogens with zero attached hydrogens (tertiary/aromatic N) is 4. The molecule has 1 amide bonds. The highest BCUT2D eigenvalue weighted by Gasteiger charge is 2.18. The van der Waals surface area contributed by atoms with Crippen molar-refractivity contribution in [2.24, 2.45) is 0 Å². The molecule has 138 valence electrons. The minimum Gasteiger partial charge on any atom is -0.348 e. The van der Waals surface area contributed by atoms with Crippen molar-refractivity contribution >= 4 is 22.2 Å². The molecule has 0 radical (unpaired) electrons. The summed E-state index contributed by atoms with van der Waals surface area (Å²) in [6.45, 7) is 2.69. The third-order valence-electron chi connectivity index (χ3n) is 4.32. The van der Waals surface area contributed by atoms with Crippen molar-refractivity contribution in [3.63, 3.8) is 0 Å². The number of rotatable bonds is 6. The second-order valence-corrected chi connectivity index (χ2v) is 7.15. The highest BCUT2D eigenvalue weighted by Crippen LogP contribution is 2.25. The summed E-state index contributed by atoms with van der Waals surface area (Å²) in [5, 5.41) is 8.93. The molecule has 0 saturated heterocycles. The summed E-state index contributed by atoms with van der Waals surface area (Å²) < 4.78 is 17.6. The van der Waals surface area contributed by atoms with Gasteiger partial charge in [0, 0.05) is 42.1 Å². The van der Waals surface area contributed by atoms with Gasteiger partial charge in [-0.3, -0.25) is 13.9 Å². The van der Waals surface area contributed by atoms with Crippen LogP contribution >= 0.6 is 11.3 Å². The minimum absolute atomic E-state index is 0.00814. The Morgan fingerprint density at radius 1 is 1.33 bits per heavy atom. The average Bonchev–Trinajstić information content (AvgIpc) is 3.37. The predicted octanol–water partition coefficient (Wildman–Crippen LogP) is 3.61. The normalized spacial score (nSPS) is 12.4. The molecule has 1 N–H and O–H groups in total. The molecule has 0 aliphatic rings. The van der Waals surface area contributed by atoms with Crippen LogP contribution in [0.5, 0.6) is 0 Å². The van der Waals surface area contributed by atoms with Gasteiger partial charge in [-0.1, -0.05) is 12.1 Å². The standard InChI is InChI=1S/C19H18FN5OS/c1-13(7-10-24-9-4-8-21-24)22-18(26)17-12-27-19-23-16(11-25(17)19)14-5-2-3-6-15(14)20/h2-6,8-9,11-13H,7,10H2,1H3,(H,22,26). The monoisotopic (exact) mass is 383 g/mol. The van der Waals surface area contributed by atoms with Gasteiger partial charge in [0.05, 0.1) is 5.69 Å². The number of thiazole rings is 1. The van der Waals surface area contributed by atoms with Crippen LogP contribution in [0, 0.1) is 5.82 Å². The number of aromatic nitrogens is 4. The Bertz CT molecular complexity index is 1070. The minimum atomic E-state index is -0.332. The fourth-order valence-electron chi connectivity index (χ4n) is 2.87. The van der Waals surface area contributed by atoms with Crippen LogP contribution in [0.2, 0.25) is 0 Å². The van der Waals surface area contributed by atoms with Gasteiger partial charge in [-0.2, -0.15) is 5.10 Å². The van der Waals surface area contributed by atoms with Crippen molar-refractivity contribution in [1.29, 1.82) is 0 Å². The lowest BCUT2D eigenvalue weighted by atomic mass is 10.1. The van der Waals surface area contributed by atoms with Crippen LogP contribution in [0.1, 0.15) is 23.8 Å². The van der Waals surface area contributed by atoms with Crippen molar-refractivity contribution in [3.8, 4) is 11.3 Å². The van der Waals surface area contributed by atoms with Crippen LogP contribution in [0.3, 0.4) is 0 Å². The molecule has 4 rings (SSSR count). The van der Waals surface area contributed by atoms with E-state index in [1.807, 2.05) is 23.9 Å². The first-order chi connectivity index (χ1) is 13.1.